The second-order valence-electron chi connectivity index (χ2n) is 16.3. The molecule has 0 radical (unpaired) electrons. The number of aliphatic carboxylic acids is 1. The van der Waals surface area contributed by atoms with E-state index in [2.05, 4.69) is 17.2 Å². The Labute approximate surface area is 386 Å². The molecule has 5 aromatic carbocycles. The number of anilines is 1. The number of nitrogens with zero attached hydrogens (tertiary/aromatic N) is 2. The summed E-state index contributed by atoms with van der Waals surface area (Å²) in [7, 11) is 2.26. The number of nitrogens with one attached hydrogen (secondary N) is 1. The molecule has 3 N–H and O–H groups in total. The van der Waals surface area contributed by atoms with Crippen LogP contribution in [0.5, 0.6) is 5.75 Å². The summed E-state index contributed by atoms with van der Waals surface area (Å²) in [5.41, 5.74) is 0.556. The number of carbonyl (C=O) groups is 6. The molecule has 0 aromatic heterocycles. The fourth-order valence-corrected chi connectivity index (χ4v) is 9.75. The third-order valence-electron chi connectivity index (χ3n) is 12.6. The van der Waals surface area contributed by atoms with Gasteiger partial charge in [-0.15, -0.1) is 0 Å². The van der Waals surface area contributed by atoms with Crippen LogP contribution in [0, 0.1) is 23.7 Å². The number of esters is 3. The highest BCUT2D eigenvalue weighted by molar-refractivity contribution is 6.24. The number of carbonyl (C=O) groups excluding carboxylic acids is 5. The number of methoxy groups -OCH3 is 2. The van der Waals surface area contributed by atoms with Gasteiger partial charge in [0.15, 0.2) is 5.92 Å². The Morgan fingerprint density at radius 3 is 2.00 bits per heavy atom. The minimum atomic E-state index is -2.25. The maximum absolute atomic E-state index is 16.2. The lowest BCUT2D eigenvalue weighted by Gasteiger charge is -2.46. The molecule has 15 nitrogen and oxygen atoms in total. The average Bonchev–Trinajstić information content (AvgIpc) is 3.81. The van der Waals surface area contributed by atoms with Crippen LogP contribution < -0.4 is 15.0 Å². The molecule has 3 aliphatic heterocycles. The summed E-state index contributed by atoms with van der Waals surface area (Å²) in [6.07, 6.45) is -1.30. The van der Waals surface area contributed by atoms with E-state index in [4.69, 9.17) is 18.9 Å². The Morgan fingerprint density at radius 1 is 0.791 bits per heavy atom. The molecule has 8 rings (SSSR count). The van der Waals surface area contributed by atoms with Gasteiger partial charge in [0.05, 0.1) is 44.6 Å². The largest absolute Gasteiger partial charge is 0.491 e. The van der Waals surface area contributed by atoms with Crippen molar-refractivity contribution in [3.8, 4) is 17.6 Å². The van der Waals surface area contributed by atoms with Crippen LogP contribution in [0.25, 0.3) is 0 Å². The third kappa shape index (κ3) is 8.26. The maximum Gasteiger partial charge on any atom is 0.329 e. The highest BCUT2D eigenvalue weighted by Crippen LogP contribution is 2.66. The van der Waals surface area contributed by atoms with Crippen LogP contribution in [0.1, 0.15) is 71.0 Å². The number of fused-ring (bicyclic) bond motifs is 3. The van der Waals surface area contributed by atoms with Gasteiger partial charge in [-0.3, -0.25) is 28.9 Å². The van der Waals surface area contributed by atoms with Crippen molar-refractivity contribution < 1.29 is 57.9 Å². The summed E-state index contributed by atoms with van der Waals surface area (Å²) in [6, 6.07) is 33.2. The van der Waals surface area contributed by atoms with Gasteiger partial charge in [-0.25, -0.2) is 9.69 Å². The van der Waals surface area contributed by atoms with Gasteiger partial charge in [0.1, 0.15) is 35.8 Å². The van der Waals surface area contributed by atoms with Crippen LogP contribution in [-0.2, 0) is 43.6 Å². The van der Waals surface area contributed by atoms with E-state index >= 15 is 4.79 Å². The Morgan fingerprint density at radius 2 is 1.40 bits per heavy atom. The summed E-state index contributed by atoms with van der Waals surface area (Å²) in [5.74, 6) is -2.10. The van der Waals surface area contributed by atoms with E-state index in [0.29, 0.717) is 22.4 Å². The van der Waals surface area contributed by atoms with Crippen molar-refractivity contribution in [3.05, 3.63) is 167 Å². The van der Waals surface area contributed by atoms with Crippen LogP contribution in [0.2, 0.25) is 0 Å². The number of cyclic esters (lactones) is 1. The van der Waals surface area contributed by atoms with Gasteiger partial charge >= 0.3 is 29.9 Å². The molecule has 7 atom stereocenters. The number of hydrogen-bond acceptors (Lipinski definition) is 12. The monoisotopic (exact) mass is 905 g/mol. The van der Waals surface area contributed by atoms with Crippen molar-refractivity contribution in [3.63, 3.8) is 0 Å². The molecule has 342 valence electrons. The van der Waals surface area contributed by atoms with Gasteiger partial charge in [0, 0.05) is 12.0 Å². The summed E-state index contributed by atoms with van der Waals surface area (Å²) in [6.45, 7) is 1.49. The van der Waals surface area contributed by atoms with E-state index in [1.807, 2.05) is 78.9 Å². The van der Waals surface area contributed by atoms with Crippen molar-refractivity contribution in [2.75, 3.05) is 32.3 Å². The van der Waals surface area contributed by atoms with Crippen molar-refractivity contribution in [2.45, 2.75) is 49.0 Å². The van der Waals surface area contributed by atoms with Crippen molar-refractivity contribution in [1.29, 1.82) is 0 Å². The predicted octanol–water partition coefficient (Wildman–Crippen LogP) is 5.98. The maximum atomic E-state index is 16.2. The molecular formula is C52H47N3O12. The molecule has 67 heavy (non-hydrogen) atoms. The van der Waals surface area contributed by atoms with E-state index in [0.717, 1.165) is 24.7 Å². The van der Waals surface area contributed by atoms with E-state index in [1.165, 1.54) is 18.2 Å². The number of rotatable bonds is 12. The van der Waals surface area contributed by atoms with Gasteiger partial charge in [0.2, 0.25) is 5.91 Å². The standard InChI is InChI=1S/C52H47N3O12/c1-31(33-15-7-4-8-16-33)53-51(63)54-40-27-22-32(14-13-21-38(47(59)64-2)48(60)65-3)30-39(40)52(50(54)62)41(46(57)58)43-49(61)67-44(35-19-11-6-12-20-35)42(34-17-9-5-10-18-34)55(43)45(52)36-23-25-37(26-24-36)66-29-28-56/h4-12,15-20,22-27,30-31,38,41-45,56H,21,28-29H2,1-3H3,(H,53,63)(H,57,58)/t31-,41-,42-,43-,44+,45+,52-/m1/s1. The average molecular weight is 906 g/mol. The Bertz CT molecular complexity index is 2720. The normalized spacial score (nSPS) is 22.2. The van der Waals surface area contributed by atoms with Crippen LogP contribution >= 0.6 is 0 Å². The molecular weight excluding hydrogens is 859 g/mol. The summed E-state index contributed by atoms with van der Waals surface area (Å²) < 4.78 is 21.7. The molecule has 2 saturated heterocycles. The second-order valence-corrected chi connectivity index (χ2v) is 16.3. The molecule has 0 bridgehead atoms. The fraction of sp³-hybridized carbons (Fsp3) is 0.269. The number of urea groups is 1. The zero-order valence-corrected chi connectivity index (χ0v) is 36.7. The summed E-state index contributed by atoms with van der Waals surface area (Å²) in [5, 5.41) is 24.1. The topological polar surface area (TPSA) is 198 Å². The molecule has 0 aliphatic carbocycles. The first-order chi connectivity index (χ1) is 32.5. The highest BCUT2D eigenvalue weighted by Gasteiger charge is 2.76. The zero-order chi connectivity index (χ0) is 47.4. The smallest absolute Gasteiger partial charge is 0.329 e. The van der Waals surface area contributed by atoms with E-state index < -0.39 is 83.3 Å². The minimum Gasteiger partial charge on any atom is -0.491 e. The molecule has 3 amide bonds. The molecule has 0 unspecified atom stereocenters. The van der Waals surface area contributed by atoms with Gasteiger partial charge in [-0.1, -0.05) is 115 Å². The molecule has 1 spiro atoms. The SMILES string of the molecule is COC(=O)C(CC#Cc1ccc2c(c1)[C@]1(C(=O)N2C(=O)N[C@H](C)c2ccccc2)[C@H](c2ccc(OCCO)cc2)N2[C@H](c3ccccc3)[C@H](c3ccccc3)OC(=O)[C@H]2[C@@H]1C(=O)O)C(=O)OC. The van der Waals surface area contributed by atoms with Crippen LogP contribution in [0.15, 0.2) is 133 Å². The number of ether oxygens (including phenoxy) is 4. The molecule has 15 heteroatoms. The first-order valence-electron chi connectivity index (χ1n) is 21.6. The quantitative estimate of drug-likeness (QED) is 0.0573. The van der Waals surface area contributed by atoms with Crippen molar-refractivity contribution >= 4 is 41.5 Å². The molecule has 3 heterocycles. The third-order valence-corrected chi connectivity index (χ3v) is 12.6. The zero-order valence-electron chi connectivity index (χ0n) is 36.7. The van der Waals surface area contributed by atoms with Gasteiger partial charge in [0.25, 0.3) is 0 Å². The molecule has 3 aliphatic rings. The number of imide groups is 1. The Kier molecular flexibility index (Phi) is 13.2. The first-order valence-corrected chi connectivity index (χ1v) is 21.6. The van der Waals surface area contributed by atoms with E-state index in [1.54, 1.807) is 48.2 Å². The molecule has 2 fully saturated rings. The number of carboxylic acid groups (broad SMARTS) is 1. The molecule has 0 saturated carbocycles. The van der Waals surface area contributed by atoms with Crippen molar-refractivity contribution in [2.24, 2.45) is 11.8 Å². The Balaban J connectivity index is 1.39. The van der Waals surface area contributed by atoms with E-state index in [9.17, 15) is 34.2 Å². The lowest BCUT2D eigenvalue weighted by molar-refractivity contribution is -0.179. The van der Waals surface area contributed by atoms with Crippen molar-refractivity contribution in [1.82, 2.24) is 10.2 Å². The predicted molar refractivity (Wildman–Crippen MR) is 241 cm³/mol. The highest BCUT2D eigenvalue weighted by atomic mass is 16.6. The van der Waals surface area contributed by atoms with Gasteiger partial charge in [-0.05, 0) is 65.1 Å². The molecule has 5 aromatic rings. The summed E-state index contributed by atoms with van der Waals surface area (Å²) in [4.78, 5) is 88.0. The second kappa shape index (κ2) is 19.4. The number of amides is 3. The lowest BCUT2D eigenvalue weighted by Crippen LogP contribution is -2.54. The number of benzene rings is 5. The Hall–Kier alpha value is -7.80. The van der Waals surface area contributed by atoms with Crippen LogP contribution in [-0.4, -0.2) is 84.4 Å². The van der Waals surface area contributed by atoms with Gasteiger partial charge < -0.3 is 34.5 Å². The fourth-order valence-electron chi connectivity index (χ4n) is 9.75. The van der Waals surface area contributed by atoms with Crippen LogP contribution in [0.3, 0.4) is 0 Å². The number of hydrogen-bond donors (Lipinski definition) is 3. The van der Waals surface area contributed by atoms with Gasteiger partial charge in [-0.2, -0.15) is 0 Å². The minimum absolute atomic E-state index is 0.0101. The van der Waals surface area contributed by atoms with E-state index in [-0.39, 0.29) is 36.4 Å². The number of morpholine rings is 1. The number of aliphatic hydroxyl groups excluding tert-OH is 1. The lowest BCUT2D eigenvalue weighted by atomic mass is 9.65. The summed E-state index contributed by atoms with van der Waals surface area (Å²) >= 11 is 0. The first kappa shape index (κ1) is 45.8. The van der Waals surface area contributed by atoms with Crippen LogP contribution in [0.4, 0.5) is 10.5 Å². The number of carboxylic acids is 1. The number of aliphatic hydroxyl groups is 1.